The van der Waals surface area contributed by atoms with Gasteiger partial charge in [0, 0.05) is 0 Å². The molecule has 3 amide bonds. The van der Waals surface area contributed by atoms with E-state index in [0.29, 0.717) is 0 Å². The number of imide groups is 1. The van der Waals surface area contributed by atoms with E-state index < -0.39 is 5.54 Å². The van der Waals surface area contributed by atoms with Gasteiger partial charge in [-0.2, -0.15) is 0 Å². The Morgan fingerprint density at radius 2 is 1.70 bits per heavy atom. The predicted molar refractivity (Wildman–Crippen MR) is 88.8 cm³/mol. The molecular weight excluding hydrogens is 288 g/mol. The van der Waals surface area contributed by atoms with Gasteiger partial charge in [0.2, 0.25) is 0 Å². The van der Waals surface area contributed by atoms with Gasteiger partial charge in [-0.1, -0.05) is 59.7 Å². The molecule has 0 saturated carbocycles. The molecule has 1 fully saturated rings. The van der Waals surface area contributed by atoms with Gasteiger partial charge in [0.25, 0.3) is 5.91 Å². The summed E-state index contributed by atoms with van der Waals surface area (Å²) in [5.41, 5.74) is 2.96. The van der Waals surface area contributed by atoms with Gasteiger partial charge in [-0.3, -0.25) is 9.69 Å². The number of amides is 3. The average Bonchev–Trinajstić information content (AvgIpc) is 2.72. The third kappa shape index (κ3) is 2.72. The second-order valence-corrected chi connectivity index (χ2v) is 6.30. The molecule has 118 valence electrons. The maximum Gasteiger partial charge on any atom is 0.325 e. The van der Waals surface area contributed by atoms with Crippen LogP contribution in [0.3, 0.4) is 0 Å². The summed E-state index contributed by atoms with van der Waals surface area (Å²) in [4.78, 5) is 26.5. The fourth-order valence-electron chi connectivity index (χ4n) is 2.92. The number of aryl methyl sites for hydroxylation is 2. The molecule has 0 radical (unpaired) electrons. The standard InChI is InChI=1S/C19H20N2O2/c1-13-7-9-16(10-8-13)19(3)17(22)21(18(23)20-19)12-15-6-4-5-14(2)11-15/h4-11H,12H2,1-3H3,(H,20,23). The zero-order valence-electron chi connectivity index (χ0n) is 13.6. The smallest absolute Gasteiger partial charge is 0.319 e. The van der Waals surface area contributed by atoms with Crippen molar-refractivity contribution in [1.82, 2.24) is 10.2 Å². The van der Waals surface area contributed by atoms with Crippen molar-refractivity contribution in [2.24, 2.45) is 0 Å². The van der Waals surface area contributed by atoms with Crippen LogP contribution in [-0.2, 0) is 16.9 Å². The first-order valence-corrected chi connectivity index (χ1v) is 7.67. The highest BCUT2D eigenvalue weighted by Crippen LogP contribution is 2.30. The summed E-state index contributed by atoms with van der Waals surface area (Å²) in [6.45, 7) is 6.03. The number of hydrogen-bond acceptors (Lipinski definition) is 2. The summed E-state index contributed by atoms with van der Waals surface area (Å²) in [6, 6.07) is 15.2. The summed E-state index contributed by atoms with van der Waals surface area (Å²) in [5, 5.41) is 2.84. The molecule has 23 heavy (non-hydrogen) atoms. The molecule has 1 aliphatic heterocycles. The van der Waals surface area contributed by atoms with Crippen molar-refractivity contribution in [3.05, 3.63) is 70.8 Å². The van der Waals surface area contributed by atoms with Gasteiger partial charge in [-0.15, -0.1) is 0 Å². The Bertz CT molecular complexity index is 767. The van der Waals surface area contributed by atoms with E-state index in [4.69, 9.17) is 0 Å². The molecule has 1 aliphatic rings. The van der Waals surface area contributed by atoms with E-state index in [1.54, 1.807) is 6.92 Å². The molecule has 3 rings (SSSR count). The topological polar surface area (TPSA) is 49.4 Å². The van der Waals surface area contributed by atoms with Crippen LogP contribution in [0, 0.1) is 13.8 Å². The molecular formula is C19H20N2O2. The fraction of sp³-hybridized carbons (Fsp3) is 0.263. The number of carbonyl (C=O) groups excluding carboxylic acids is 2. The Morgan fingerprint density at radius 1 is 1.00 bits per heavy atom. The zero-order chi connectivity index (χ0) is 16.6. The third-order valence-electron chi connectivity index (χ3n) is 4.33. The number of carbonyl (C=O) groups is 2. The van der Waals surface area contributed by atoms with Crippen molar-refractivity contribution in [3.8, 4) is 0 Å². The summed E-state index contributed by atoms with van der Waals surface area (Å²) in [6.07, 6.45) is 0. The fourth-order valence-corrected chi connectivity index (χ4v) is 2.92. The van der Waals surface area contributed by atoms with E-state index in [1.165, 1.54) is 4.90 Å². The lowest BCUT2D eigenvalue weighted by molar-refractivity contribution is -0.131. The predicted octanol–water partition coefficient (Wildman–Crippen LogP) is 3.27. The van der Waals surface area contributed by atoms with E-state index in [1.807, 2.05) is 62.4 Å². The van der Waals surface area contributed by atoms with Gasteiger partial charge in [0.05, 0.1) is 6.54 Å². The molecule has 0 aromatic heterocycles. The van der Waals surface area contributed by atoms with Crippen molar-refractivity contribution in [1.29, 1.82) is 0 Å². The maximum absolute atomic E-state index is 12.9. The average molecular weight is 308 g/mol. The highest BCUT2D eigenvalue weighted by Gasteiger charge is 2.48. The van der Waals surface area contributed by atoms with Gasteiger partial charge in [0.15, 0.2) is 0 Å². The zero-order valence-corrected chi connectivity index (χ0v) is 13.6. The van der Waals surface area contributed by atoms with Crippen LogP contribution < -0.4 is 5.32 Å². The van der Waals surface area contributed by atoms with Crippen LogP contribution in [0.4, 0.5) is 4.79 Å². The third-order valence-corrected chi connectivity index (χ3v) is 4.33. The molecule has 1 N–H and O–H groups in total. The second kappa shape index (κ2) is 5.54. The number of hydrogen-bond donors (Lipinski definition) is 1. The lowest BCUT2D eigenvalue weighted by Crippen LogP contribution is -2.40. The van der Waals surface area contributed by atoms with Crippen LogP contribution in [0.15, 0.2) is 48.5 Å². The maximum atomic E-state index is 12.9. The molecule has 0 aliphatic carbocycles. The molecule has 1 atom stereocenters. The van der Waals surface area contributed by atoms with Crippen LogP contribution in [-0.4, -0.2) is 16.8 Å². The summed E-state index contributed by atoms with van der Waals surface area (Å²) in [7, 11) is 0. The van der Waals surface area contributed by atoms with E-state index in [-0.39, 0.29) is 18.5 Å². The molecule has 2 aromatic rings. The highest BCUT2D eigenvalue weighted by molar-refractivity contribution is 6.07. The minimum atomic E-state index is -1.01. The second-order valence-electron chi connectivity index (χ2n) is 6.30. The SMILES string of the molecule is Cc1ccc(C2(C)NC(=O)N(Cc3cccc(C)c3)C2=O)cc1. The number of urea groups is 1. The van der Waals surface area contributed by atoms with Crippen LogP contribution >= 0.6 is 0 Å². The van der Waals surface area contributed by atoms with Crippen molar-refractivity contribution >= 4 is 11.9 Å². The normalized spacial score (nSPS) is 20.7. The van der Waals surface area contributed by atoms with E-state index in [9.17, 15) is 9.59 Å². The lowest BCUT2D eigenvalue weighted by atomic mass is 9.91. The molecule has 0 spiro atoms. The number of nitrogens with zero attached hydrogens (tertiary/aromatic N) is 1. The van der Waals surface area contributed by atoms with Gasteiger partial charge in [-0.25, -0.2) is 4.79 Å². The van der Waals surface area contributed by atoms with Crippen molar-refractivity contribution in [2.75, 3.05) is 0 Å². The van der Waals surface area contributed by atoms with E-state index in [2.05, 4.69) is 5.32 Å². The molecule has 0 bridgehead atoms. The Labute approximate surface area is 136 Å². The van der Waals surface area contributed by atoms with Gasteiger partial charge >= 0.3 is 6.03 Å². The first-order valence-electron chi connectivity index (χ1n) is 7.67. The van der Waals surface area contributed by atoms with Crippen LogP contribution in [0.25, 0.3) is 0 Å². The van der Waals surface area contributed by atoms with Gasteiger partial charge < -0.3 is 5.32 Å². The molecule has 1 heterocycles. The molecule has 1 unspecified atom stereocenters. The molecule has 4 nitrogen and oxygen atoms in total. The first kappa shape index (κ1) is 15.3. The van der Waals surface area contributed by atoms with Crippen molar-refractivity contribution in [3.63, 3.8) is 0 Å². The number of rotatable bonds is 3. The summed E-state index contributed by atoms with van der Waals surface area (Å²) in [5.74, 6) is -0.215. The Balaban J connectivity index is 1.89. The Kier molecular flexibility index (Phi) is 3.68. The first-order chi connectivity index (χ1) is 10.9. The van der Waals surface area contributed by atoms with Crippen molar-refractivity contribution in [2.45, 2.75) is 32.9 Å². The minimum absolute atomic E-state index is 0.215. The van der Waals surface area contributed by atoms with Gasteiger partial charge in [-0.05, 0) is 31.9 Å². The number of nitrogens with one attached hydrogen (secondary N) is 1. The van der Waals surface area contributed by atoms with E-state index in [0.717, 1.165) is 22.3 Å². The van der Waals surface area contributed by atoms with Crippen LogP contribution in [0.1, 0.15) is 29.2 Å². The highest BCUT2D eigenvalue weighted by atomic mass is 16.2. The molecule has 4 heteroatoms. The molecule has 1 saturated heterocycles. The Hall–Kier alpha value is -2.62. The van der Waals surface area contributed by atoms with Gasteiger partial charge in [0.1, 0.15) is 5.54 Å². The molecule has 2 aromatic carbocycles. The van der Waals surface area contributed by atoms with Crippen molar-refractivity contribution < 1.29 is 9.59 Å². The quantitative estimate of drug-likeness (QED) is 0.885. The summed E-state index contributed by atoms with van der Waals surface area (Å²) >= 11 is 0. The Morgan fingerprint density at radius 3 is 2.35 bits per heavy atom. The van der Waals surface area contributed by atoms with Crippen LogP contribution in [0.5, 0.6) is 0 Å². The van der Waals surface area contributed by atoms with E-state index >= 15 is 0 Å². The monoisotopic (exact) mass is 308 g/mol. The largest absolute Gasteiger partial charge is 0.325 e. The number of benzene rings is 2. The van der Waals surface area contributed by atoms with Crippen LogP contribution in [0.2, 0.25) is 0 Å². The summed E-state index contributed by atoms with van der Waals surface area (Å²) < 4.78 is 0. The lowest BCUT2D eigenvalue weighted by Gasteiger charge is -2.22. The minimum Gasteiger partial charge on any atom is -0.319 e.